The number of carbonyl (C=O) groups excluding carboxylic acids is 2. The van der Waals surface area contributed by atoms with Crippen molar-refractivity contribution in [3.8, 4) is 0 Å². The molecule has 3 amide bonds. The highest BCUT2D eigenvalue weighted by Crippen LogP contribution is 2.16. The van der Waals surface area contributed by atoms with E-state index in [1.54, 1.807) is 24.3 Å². The van der Waals surface area contributed by atoms with Crippen molar-refractivity contribution in [2.45, 2.75) is 12.5 Å². The molecule has 1 aliphatic rings. The summed E-state index contributed by atoms with van der Waals surface area (Å²) in [7, 11) is -3.06. The van der Waals surface area contributed by atoms with Crippen molar-refractivity contribution >= 4 is 44.4 Å². The van der Waals surface area contributed by atoms with Crippen LogP contribution in [-0.4, -0.2) is 47.9 Å². The van der Waals surface area contributed by atoms with Gasteiger partial charge in [-0.15, -0.1) is 0 Å². The zero-order chi connectivity index (χ0) is 20.4. The molecule has 1 saturated heterocycles. The number of fused-ring (bicyclic) bond motifs is 1. The first-order valence-corrected chi connectivity index (χ1v) is 10.8. The molecule has 4 N–H and O–H groups in total. The summed E-state index contributed by atoms with van der Waals surface area (Å²) >= 11 is 0. The lowest BCUT2D eigenvalue weighted by atomic mass is 10.2. The second kappa shape index (κ2) is 7.55. The van der Waals surface area contributed by atoms with E-state index in [1.165, 1.54) is 0 Å². The number of anilines is 2. The maximum atomic E-state index is 12.4. The Morgan fingerprint density at radius 1 is 1.03 bits per heavy atom. The number of hydrogen-bond donors (Lipinski definition) is 4. The fourth-order valence-corrected chi connectivity index (χ4v) is 4.83. The Morgan fingerprint density at radius 3 is 2.48 bits per heavy atom. The van der Waals surface area contributed by atoms with Crippen molar-refractivity contribution in [2.24, 2.45) is 0 Å². The highest BCUT2D eigenvalue weighted by molar-refractivity contribution is 7.91. The number of aromatic amines is 1. The molecule has 2 heterocycles. The van der Waals surface area contributed by atoms with E-state index in [4.69, 9.17) is 0 Å². The van der Waals surface area contributed by atoms with Gasteiger partial charge in [-0.25, -0.2) is 18.2 Å². The van der Waals surface area contributed by atoms with E-state index in [-0.39, 0.29) is 23.5 Å². The molecule has 1 atom stereocenters. The SMILES string of the molecule is O=C(Nc1ccc(C(=O)Nc2nc3ccccc3[nH]2)cc1)NC1CCS(=O)(=O)C1. The van der Waals surface area contributed by atoms with Crippen LogP contribution in [0.15, 0.2) is 48.5 Å². The average molecular weight is 413 g/mol. The van der Waals surface area contributed by atoms with Gasteiger partial charge in [0.25, 0.3) is 5.91 Å². The molecular formula is C19H19N5O4S. The Bertz CT molecular complexity index is 1140. The number of carbonyl (C=O) groups is 2. The Hall–Kier alpha value is -3.40. The van der Waals surface area contributed by atoms with Crippen molar-refractivity contribution in [1.29, 1.82) is 0 Å². The van der Waals surface area contributed by atoms with Gasteiger partial charge in [0.05, 0.1) is 22.5 Å². The maximum Gasteiger partial charge on any atom is 0.319 e. The summed E-state index contributed by atoms with van der Waals surface area (Å²) in [5.74, 6) is 0.0643. The maximum absolute atomic E-state index is 12.4. The number of urea groups is 1. The molecule has 150 valence electrons. The largest absolute Gasteiger partial charge is 0.334 e. The number of hydrogen-bond acceptors (Lipinski definition) is 5. The van der Waals surface area contributed by atoms with Crippen molar-refractivity contribution in [1.82, 2.24) is 15.3 Å². The Morgan fingerprint density at radius 2 is 1.79 bits per heavy atom. The summed E-state index contributed by atoms with van der Waals surface area (Å²) in [6.45, 7) is 0. The number of sulfone groups is 1. The van der Waals surface area contributed by atoms with Gasteiger partial charge < -0.3 is 15.6 Å². The first-order chi connectivity index (χ1) is 13.9. The topological polar surface area (TPSA) is 133 Å². The smallest absolute Gasteiger partial charge is 0.319 e. The fraction of sp³-hybridized carbons (Fsp3) is 0.211. The van der Waals surface area contributed by atoms with E-state index in [0.29, 0.717) is 23.6 Å². The Kier molecular flexibility index (Phi) is 4.93. The third-order valence-corrected chi connectivity index (χ3v) is 6.36. The monoisotopic (exact) mass is 413 g/mol. The van der Waals surface area contributed by atoms with Crippen LogP contribution in [0.3, 0.4) is 0 Å². The first kappa shape index (κ1) is 18.9. The Balaban J connectivity index is 1.34. The minimum Gasteiger partial charge on any atom is -0.334 e. The number of aromatic nitrogens is 2. The zero-order valence-corrected chi connectivity index (χ0v) is 16.1. The number of para-hydroxylation sites is 2. The van der Waals surface area contributed by atoms with E-state index in [1.807, 2.05) is 24.3 Å². The second-order valence-electron chi connectivity index (χ2n) is 6.83. The second-order valence-corrected chi connectivity index (χ2v) is 9.06. The fourth-order valence-electron chi connectivity index (χ4n) is 3.16. The average Bonchev–Trinajstić information content (AvgIpc) is 3.23. The van der Waals surface area contributed by atoms with Crippen LogP contribution in [-0.2, 0) is 9.84 Å². The third kappa shape index (κ3) is 4.54. The number of amides is 3. The van der Waals surface area contributed by atoms with Gasteiger partial charge in [0.15, 0.2) is 9.84 Å². The van der Waals surface area contributed by atoms with Crippen molar-refractivity contribution in [3.63, 3.8) is 0 Å². The van der Waals surface area contributed by atoms with Crippen LogP contribution in [0.4, 0.5) is 16.4 Å². The van der Waals surface area contributed by atoms with Crippen LogP contribution in [0.1, 0.15) is 16.8 Å². The summed E-state index contributed by atoms with van der Waals surface area (Å²) in [4.78, 5) is 31.7. The minimum absolute atomic E-state index is 0.0404. The van der Waals surface area contributed by atoms with Crippen LogP contribution in [0, 0.1) is 0 Å². The van der Waals surface area contributed by atoms with Gasteiger partial charge >= 0.3 is 6.03 Å². The molecule has 3 aromatic rings. The van der Waals surface area contributed by atoms with Crippen LogP contribution in [0.25, 0.3) is 11.0 Å². The molecule has 2 aromatic carbocycles. The van der Waals surface area contributed by atoms with Gasteiger partial charge in [0.2, 0.25) is 5.95 Å². The quantitative estimate of drug-likeness (QED) is 0.520. The van der Waals surface area contributed by atoms with E-state index >= 15 is 0 Å². The molecule has 0 spiro atoms. The molecule has 0 saturated carbocycles. The molecule has 0 aliphatic carbocycles. The highest BCUT2D eigenvalue weighted by Gasteiger charge is 2.28. The van der Waals surface area contributed by atoms with Gasteiger partial charge in [-0.1, -0.05) is 12.1 Å². The van der Waals surface area contributed by atoms with Crippen LogP contribution >= 0.6 is 0 Å². The van der Waals surface area contributed by atoms with Gasteiger partial charge in [-0.05, 0) is 42.8 Å². The van der Waals surface area contributed by atoms with Crippen molar-refractivity contribution in [2.75, 3.05) is 22.1 Å². The van der Waals surface area contributed by atoms with E-state index in [2.05, 4.69) is 25.9 Å². The summed E-state index contributed by atoms with van der Waals surface area (Å²) in [6.07, 6.45) is 0.413. The van der Waals surface area contributed by atoms with Gasteiger partial charge in [-0.3, -0.25) is 10.1 Å². The molecule has 29 heavy (non-hydrogen) atoms. The van der Waals surface area contributed by atoms with Crippen LogP contribution < -0.4 is 16.0 Å². The summed E-state index contributed by atoms with van der Waals surface area (Å²) in [5, 5.41) is 7.98. The first-order valence-electron chi connectivity index (χ1n) is 9.02. The lowest BCUT2D eigenvalue weighted by Gasteiger charge is -2.12. The minimum atomic E-state index is -3.06. The number of nitrogens with zero attached hydrogens (tertiary/aromatic N) is 1. The molecule has 0 bridgehead atoms. The summed E-state index contributed by atoms with van der Waals surface area (Å²) < 4.78 is 22.9. The molecule has 9 nitrogen and oxygen atoms in total. The number of imidazole rings is 1. The van der Waals surface area contributed by atoms with Crippen molar-refractivity contribution in [3.05, 3.63) is 54.1 Å². The van der Waals surface area contributed by atoms with E-state index in [0.717, 1.165) is 11.0 Å². The van der Waals surface area contributed by atoms with E-state index in [9.17, 15) is 18.0 Å². The van der Waals surface area contributed by atoms with E-state index < -0.39 is 15.9 Å². The predicted molar refractivity (Wildman–Crippen MR) is 110 cm³/mol. The molecule has 1 aliphatic heterocycles. The van der Waals surface area contributed by atoms with Crippen molar-refractivity contribution < 1.29 is 18.0 Å². The number of benzene rings is 2. The summed E-state index contributed by atoms with van der Waals surface area (Å²) in [5.41, 5.74) is 2.47. The molecule has 10 heteroatoms. The molecule has 0 radical (unpaired) electrons. The molecule has 1 unspecified atom stereocenters. The van der Waals surface area contributed by atoms with Gasteiger partial charge in [-0.2, -0.15) is 0 Å². The number of H-pyrrole nitrogens is 1. The third-order valence-electron chi connectivity index (χ3n) is 4.59. The lowest BCUT2D eigenvalue weighted by molar-refractivity contribution is 0.102. The standard InChI is InChI=1S/C19H19N5O4S/c25-17(24-18-22-15-3-1-2-4-16(15)23-18)12-5-7-13(8-6-12)20-19(26)21-14-9-10-29(27,28)11-14/h1-8,14H,9-11H2,(H2,20,21,26)(H2,22,23,24,25). The van der Waals surface area contributed by atoms with Crippen LogP contribution in [0.5, 0.6) is 0 Å². The van der Waals surface area contributed by atoms with Gasteiger partial charge in [0, 0.05) is 17.3 Å². The Labute approximate surface area is 166 Å². The highest BCUT2D eigenvalue weighted by atomic mass is 32.2. The molecule has 1 fully saturated rings. The van der Waals surface area contributed by atoms with Gasteiger partial charge in [0.1, 0.15) is 0 Å². The zero-order valence-electron chi connectivity index (χ0n) is 15.3. The normalized spacial score (nSPS) is 17.7. The summed E-state index contributed by atoms with van der Waals surface area (Å²) in [6, 6.07) is 12.9. The molecule has 4 rings (SSSR count). The number of nitrogens with one attached hydrogen (secondary N) is 4. The molecular weight excluding hydrogens is 394 g/mol. The molecule has 1 aromatic heterocycles. The van der Waals surface area contributed by atoms with Crippen LogP contribution in [0.2, 0.25) is 0 Å². The predicted octanol–water partition coefficient (Wildman–Crippen LogP) is 2.12. The number of rotatable bonds is 4. The lowest BCUT2D eigenvalue weighted by Crippen LogP contribution is -2.38.